The molecule has 2 aromatic heterocycles. The lowest BCUT2D eigenvalue weighted by molar-refractivity contribution is -0.118. The molecule has 0 aliphatic heterocycles. The van der Waals surface area contributed by atoms with Gasteiger partial charge in [0.15, 0.2) is 5.16 Å². The molecule has 0 aliphatic rings. The molecule has 0 saturated heterocycles. The lowest BCUT2D eigenvalue weighted by Gasteiger charge is -2.11. The first-order valence-electron chi connectivity index (χ1n) is 8.22. The standard InChI is InChI=1S/C19H18ClN5OS/c1-13-10-15(14(2)25(13)17-7-4-3-6-16(17)20)11-23-24-18(26)12-27-19-21-8-5-9-22-19/h3-11H,12H2,1-2H3,(H,24,26)/b23-11-. The van der Waals surface area contributed by atoms with E-state index in [1.54, 1.807) is 24.7 Å². The fraction of sp³-hybridized carbons (Fsp3) is 0.158. The molecular formula is C19H18ClN5OS. The van der Waals surface area contributed by atoms with Crippen molar-refractivity contribution >= 4 is 35.5 Å². The number of aryl methyl sites for hydroxylation is 1. The molecule has 0 fully saturated rings. The zero-order valence-corrected chi connectivity index (χ0v) is 16.5. The molecule has 0 aliphatic carbocycles. The van der Waals surface area contributed by atoms with Gasteiger partial charge >= 0.3 is 0 Å². The summed E-state index contributed by atoms with van der Waals surface area (Å²) in [6, 6.07) is 11.4. The molecule has 1 amide bonds. The Labute approximate surface area is 166 Å². The Morgan fingerprint density at radius 1 is 1.26 bits per heavy atom. The third kappa shape index (κ3) is 4.75. The van der Waals surface area contributed by atoms with Gasteiger partial charge in [-0.05, 0) is 38.1 Å². The molecule has 0 unspecified atom stereocenters. The summed E-state index contributed by atoms with van der Waals surface area (Å²) in [4.78, 5) is 20.0. The van der Waals surface area contributed by atoms with Gasteiger partial charge in [-0.1, -0.05) is 35.5 Å². The highest BCUT2D eigenvalue weighted by atomic mass is 35.5. The molecule has 0 bridgehead atoms. The quantitative estimate of drug-likeness (QED) is 0.296. The maximum atomic E-state index is 11.9. The molecule has 0 saturated carbocycles. The molecule has 0 atom stereocenters. The second-order valence-electron chi connectivity index (χ2n) is 5.73. The zero-order valence-electron chi connectivity index (χ0n) is 14.9. The van der Waals surface area contributed by atoms with Gasteiger partial charge in [0.25, 0.3) is 5.91 Å². The number of rotatable bonds is 6. The SMILES string of the molecule is Cc1cc(/C=N\NC(=O)CSc2ncccn2)c(C)n1-c1ccccc1Cl. The minimum Gasteiger partial charge on any atom is -0.316 e. The van der Waals surface area contributed by atoms with Crippen LogP contribution in [0.25, 0.3) is 5.69 Å². The van der Waals surface area contributed by atoms with Crippen molar-refractivity contribution in [3.63, 3.8) is 0 Å². The van der Waals surface area contributed by atoms with E-state index in [-0.39, 0.29) is 11.7 Å². The number of amides is 1. The van der Waals surface area contributed by atoms with Crippen LogP contribution in [0.1, 0.15) is 17.0 Å². The largest absolute Gasteiger partial charge is 0.316 e. The summed E-state index contributed by atoms with van der Waals surface area (Å²) >= 11 is 7.58. The Morgan fingerprint density at radius 2 is 2.00 bits per heavy atom. The van der Waals surface area contributed by atoms with E-state index in [0.717, 1.165) is 22.6 Å². The zero-order chi connectivity index (χ0) is 19.2. The van der Waals surface area contributed by atoms with Crippen LogP contribution in [0.5, 0.6) is 0 Å². The lowest BCUT2D eigenvalue weighted by Crippen LogP contribution is -2.19. The highest BCUT2D eigenvalue weighted by Gasteiger charge is 2.11. The molecule has 138 valence electrons. The van der Waals surface area contributed by atoms with E-state index < -0.39 is 0 Å². The number of hydrogen-bond acceptors (Lipinski definition) is 5. The monoisotopic (exact) mass is 399 g/mol. The van der Waals surface area contributed by atoms with Crippen molar-refractivity contribution in [1.82, 2.24) is 20.0 Å². The smallest absolute Gasteiger partial charge is 0.250 e. The first kappa shape index (κ1) is 19.1. The number of nitrogens with zero attached hydrogens (tertiary/aromatic N) is 4. The molecule has 0 radical (unpaired) electrons. The van der Waals surface area contributed by atoms with Gasteiger partial charge in [-0.2, -0.15) is 5.10 Å². The molecule has 1 aromatic carbocycles. The average molecular weight is 400 g/mol. The number of aromatic nitrogens is 3. The van der Waals surface area contributed by atoms with Crippen LogP contribution >= 0.6 is 23.4 Å². The Kier molecular flexibility index (Phi) is 6.26. The van der Waals surface area contributed by atoms with Crippen molar-refractivity contribution in [1.29, 1.82) is 0 Å². The summed E-state index contributed by atoms with van der Waals surface area (Å²) in [5.41, 5.74) is 6.37. The van der Waals surface area contributed by atoms with Crippen LogP contribution in [-0.2, 0) is 4.79 Å². The highest BCUT2D eigenvalue weighted by molar-refractivity contribution is 7.99. The van der Waals surface area contributed by atoms with Crippen molar-refractivity contribution in [2.75, 3.05) is 5.75 Å². The predicted octanol–water partition coefficient (Wildman–Crippen LogP) is 3.78. The minimum atomic E-state index is -0.219. The van der Waals surface area contributed by atoms with Crippen molar-refractivity contribution in [2.24, 2.45) is 5.10 Å². The van der Waals surface area contributed by atoms with Gasteiger partial charge in [0, 0.05) is 29.3 Å². The summed E-state index contributed by atoms with van der Waals surface area (Å²) in [5.74, 6) is -0.0244. The summed E-state index contributed by atoms with van der Waals surface area (Å²) in [7, 11) is 0. The van der Waals surface area contributed by atoms with Gasteiger partial charge in [-0.3, -0.25) is 4.79 Å². The number of hydrogen-bond donors (Lipinski definition) is 1. The molecule has 3 rings (SSSR count). The van der Waals surface area contributed by atoms with E-state index in [9.17, 15) is 4.79 Å². The fourth-order valence-corrected chi connectivity index (χ4v) is 3.43. The van der Waals surface area contributed by atoms with Crippen molar-refractivity contribution in [3.05, 3.63) is 70.8 Å². The third-order valence-corrected chi connectivity index (χ3v) is 5.03. The number of carbonyl (C=O) groups excluding carboxylic acids is 1. The Bertz CT molecular complexity index is 971. The van der Waals surface area contributed by atoms with E-state index in [1.165, 1.54) is 11.8 Å². The number of para-hydroxylation sites is 1. The molecule has 0 spiro atoms. The maximum absolute atomic E-state index is 11.9. The van der Waals surface area contributed by atoms with Crippen LogP contribution in [-0.4, -0.2) is 32.4 Å². The van der Waals surface area contributed by atoms with Crippen LogP contribution in [0.4, 0.5) is 0 Å². The summed E-state index contributed by atoms with van der Waals surface area (Å²) in [5, 5.41) is 5.29. The van der Waals surface area contributed by atoms with Gasteiger partial charge in [0.1, 0.15) is 0 Å². The van der Waals surface area contributed by atoms with Crippen molar-refractivity contribution in [2.45, 2.75) is 19.0 Å². The normalized spacial score (nSPS) is 11.1. The minimum absolute atomic E-state index is 0.194. The van der Waals surface area contributed by atoms with Gasteiger partial charge < -0.3 is 4.57 Å². The molecular weight excluding hydrogens is 382 g/mol. The van der Waals surface area contributed by atoms with E-state index in [1.807, 2.05) is 44.2 Å². The van der Waals surface area contributed by atoms with Gasteiger partial charge in [0.05, 0.1) is 22.7 Å². The van der Waals surface area contributed by atoms with Gasteiger partial charge in [-0.25, -0.2) is 15.4 Å². The van der Waals surface area contributed by atoms with E-state index in [2.05, 4.69) is 25.1 Å². The maximum Gasteiger partial charge on any atom is 0.250 e. The Balaban J connectivity index is 1.65. The van der Waals surface area contributed by atoms with Crippen molar-refractivity contribution < 1.29 is 4.79 Å². The van der Waals surface area contributed by atoms with E-state index >= 15 is 0 Å². The Morgan fingerprint density at radius 3 is 2.74 bits per heavy atom. The lowest BCUT2D eigenvalue weighted by atomic mass is 10.2. The van der Waals surface area contributed by atoms with Gasteiger partial charge in [-0.15, -0.1) is 0 Å². The molecule has 6 nitrogen and oxygen atoms in total. The first-order valence-corrected chi connectivity index (χ1v) is 9.58. The number of carbonyl (C=O) groups is 1. The van der Waals surface area contributed by atoms with Crippen LogP contribution in [0.15, 0.2) is 59.0 Å². The Hall–Kier alpha value is -2.64. The molecule has 8 heteroatoms. The van der Waals surface area contributed by atoms with Crippen LogP contribution in [0.3, 0.4) is 0 Å². The summed E-state index contributed by atoms with van der Waals surface area (Å²) in [6.45, 7) is 3.99. The highest BCUT2D eigenvalue weighted by Crippen LogP contribution is 2.25. The number of halogens is 1. The van der Waals surface area contributed by atoms with Crippen molar-refractivity contribution in [3.8, 4) is 5.69 Å². The molecule has 1 N–H and O–H groups in total. The number of benzene rings is 1. The van der Waals surface area contributed by atoms with E-state index in [0.29, 0.717) is 10.2 Å². The summed E-state index contributed by atoms with van der Waals surface area (Å²) in [6.07, 6.45) is 4.91. The number of hydrazone groups is 1. The topological polar surface area (TPSA) is 72.2 Å². The van der Waals surface area contributed by atoms with E-state index in [4.69, 9.17) is 11.6 Å². The molecule has 3 aromatic rings. The second kappa shape index (κ2) is 8.83. The van der Waals surface area contributed by atoms with Crippen LogP contribution in [0.2, 0.25) is 5.02 Å². The summed E-state index contributed by atoms with van der Waals surface area (Å²) < 4.78 is 2.06. The molecule has 2 heterocycles. The third-order valence-electron chi connectivity index (χ3n) is 3.83. The first-order chi connectivity index (χ1) is 13.1. The van der Waals surface area contributed by atoms with Gasteiger partial charge in [0.2, 0.25) is 0 Å². The number of nitrogens with one attached hydrogen (secondary N) is 1. The molecule has 27 heavy (non-hydrogen) atoms. The second-order valence-corrected chi connectivity index (χ2v) is 7.08. The van der Waals surface area contributed by atoms with Crippen LogP contribution < -0.4 is 5.43 Å². The predicted molar refractivity (Wildman–Crippen MR) is 109 cm³/mol. The fourth-order valence-electron chi connectivity index (χ4n) is 2.62. The number of thioether (sulfide) groups is 1. The van der Waals surface area contributed by atoms with Crippen LogP contribution in [0, 0.1) is 13.8 Å². The average Bonchev–Trinajstić information content (AvgIpc) is 2.95.